The quantitative estimate of drug-likeness (QED) is 0.467. The average Bonchev–Trinajstić information content (AvgIpc) is 3.23. The highest BCUT2D eigenvalue weighted by atomic mass is 16.6. The first-order chi connectivity index (χ1) is 16.2. The van der Waals surface area contributed by atoms with Crippen LogP contribution < -0.4 is 19.1 Å². The normalized spacial score (nSPS) is 17.3. The number of ether oxygens (including phenoxy) is 4. The van der Waals surface area contributed by atoms with Gasteiger partial charge in [0.05, 0.1) is 30.4 Å². The third kappa shape index (κ3) is 4.65. The van der Waals surface area contributed by atoms with Gasteiger partial charge in [0.1, 0.15) is 19.3 Å². The molecule has 2 aliphatic heterocycles. The average molecular weight is 450 g/mol. The molecule has 5 rings (SSSR count). The number of aromatic nitrogens is 2. The van der Waals surface area contributed by atoms with Gasteiger partial charge >= 0.3 is 6.09 Å². The standard InChI is InChI=1S/C25H27N3O5/c1-30-23-10-8-20-24(27-23)17(11-12-26-20)5-3-2-4-6-19-16-28(25(29)33-19)18-7-9-21-22(15-18)32-14-13-31-21/h7-12,15,19H,2-6,13-14,16H2,1H3/t19-/m1/s1. The van der Waals surface area contributed by atoms with E-state index in [1.807, 2.05) is 42.6 Å². The number of carbonyl (C=O) groups is 1. The minimum Gasteiger partial charge on any atom is -0.486 e. The Morgan fingerprint density at radius 3 is 2.82 bits per heavy atom. The molecule has 0 unspecified atom stereocenters. The zero-order valence-corrected chi connectivity index (χ0v) is 18.7. The van der Waals surface area contributed by atoms with E-state index in [0.717, 1.165) is 48.8 Å². The van der Waals surface area contributed by atoms with Gasteiger partial charge in [-0.25, -0.2) is 9.78 Å². The molecule has 1 amide bonds. The second-order valence-electron chi connectivity index (χ2n) is 8.24. The number of fused-ring (bicyclic) bond motifs is 2. The van der Waals surface area contributed by atoms with Crippen LogP contribution in [0.1, 0.15) is 31.2 Å². The molecule has 0 N–H and O–H groups in total. The lowest BCUT2D eigenvalue weighted by Crippen LogP contribution is -2.25. The summed E-state index contributed by atoms with van der Waals surface area (Å²) in [6.07, 6.45) is 6.26. The van der Waals surface area contributed by atoms with E-state index >= 15 is 0 Å². The van der Waals surface area contributed by atoms with E-state index in [2.05, 4.69) is 9.97 Å². The van der Waals surface area contributed by atoms with Crippen molar-refractivity contribution >= 4 is 22.8 Å². The number of cyclic esters (lactones) is 1. The number of hydrogen-bond acceptors (Lipinski definition) is 7. The molecule has 0 radical (unpaired) electrons. The highest BCUT2D eigenvalue weighted by molar-refractivity contribution is 5.90. The number of nitrogens with zero attached hydrogens (tertiary/aromatic N) is 3. The van der Waals surface area contributed by atoms with Crippen LogP contribution >= 0.6 is 0 Å². The van der Waals surface area contributed by atoms with Gasteiger partial charge in [-0.05, 0) is 55.5 Å². The first kappa shape index (κ1) is 21.3. The van der Waals surface area contributed by atoms with E-state index in [4.69, 9.17) is 18.9 Å². The molecule has 1 atom stereocenters. The van der Waals surface area contributed by atoms with Crippen molar-refractivity contribution in [1.29, 1.82) is 0 Å². The van der Waals surface area contributed by atoms with Crippen molar-refractivity contribution in [3.05, 3.63) is 48.2 Å². The Balaban J connectivity index is 1.11. The summed E-state index contributed by atoms with van der Waals surface area (Å²) in [4.78, 5) is 23.0. The van der Waals surface area contributed by atoms with Crippen molar-refractivity contribution in [2.24, 2.45) is 0 Å². The molecule has 0 bridgehead atoms. The second-order valence-corrected chi connectivity index (χ2v) is 8.24. The van der Waals surface area contributed by atoms with Crippen LogP contribution in [-0.2, 0) is 11.2 Å². The fraction of sp³-hybridized carbons (Fsp3) is 0.400. The summed E-state index contributed by atoms with van der Waals surface area (Å²) in [5.74, 6) is 1.98. The number of amides is 1. The van der Waals surface area contributed by atoms with Crippen molar-refractivity contribution < 1.29 is 23.7 Å². The summed E-state index contributed by atoms with van der Waals surface area (Å²) in [5, 5.41) is 0. The van der Waals surface area contributed by atoms with Crippen molar-refractivity contribution in [3.8, 4) is 17.4 Å². The highest BCUT2D eigenvalue weighted by Crippen LogP contribution is 2.35. The summed E-state index contributed by atoms with van der Waals surface area (Å²) in [5.41, 5.74) is 3.73. The number of rotatable bonds is 8. The summed E-state index contributed by atoms with van der Waals surface area (Å²) in [6, 6.07) is 11.4. The van der Waals surface area contributed by atoms with Gasteiger partial charge in [-0.15, -0.1) is 0 Å². The molecular formula is C25H27N3O5. The second kappa shape index (κ2) is 9.52. The van der Waals surface area contributed by atoms with Crippen LogP contribution in [-0.4, -0.2) is 49.0 Å². The highest BCUT2D eigenvalue weighted by Gasteiger charge is 2.32. The number of anilines is 1. The molecule has 2 aromatic heterocycles. The van der Waals surface area contributed by atoms with Crippen LogP contribution in [0.2, 0.25) is 0 Å². The lowest BCUT2D eigenvalue weighted by atomic mass is 10.0. The molecule has 1 aromatic carbocycles. The lowest BCUT2D eigenvalue weighted by Gasteiger charge is -2.21. The molecule has 8 nitrogen and oxygen atoms in total. The van der Waals surface area contributed by atoms with E-state index in [0.29, 0.717) is 37.1 Å². The predicted molar refractivity (Wildman–Crippen MR) is 123 cm³/mol. The Labute approximate surface area is 192 Å². The molecule has 0 saturated carbocycles. The Hall–Kier alpha value is -3.55. The van der Waals surface area contributed by atoms with Gasteiger partial charge in [-0.2, -0.15) is 0 Å². The fourth-order valence-electron chi connectivity index (χ4n) is 4.32. The van der Waals surface area contributed by atoms with E-state index in [-0.39, 0.29) is 12.2 Å². The summed E-state index contributed by atoms with van der Waals surface area (Å²) < 4.78 is 22.1. The predicted octanol–water partition coefficient (Wildman–Crippen LogP) is 4.54. The van der Waals surface area contributed by atoms with Crippen LogP contribution in [0.3, 0.4) is 0 Å². The van der Waals surface area contributed by atoms with Gasteiger partial charge in [0, 0.05) is 18.3 Å². The Morgan fingerprint density at radius 1 is 1.06 bits per heavy atom. The van der Waals surface area contributed by atoms with Gasteiger partial charge in [-0.1, -0.05) is 6.42 Å². The molecule has 0 spiro atoms. The SMILES string of the molecule is COc1ccc2nccc(CCCCC[C@@H]3CN(c4ccc5c(c4)OCCO5)C(=O)O3)c2n1. The first-order valence-electron chi connectivity index (χ1n) is 11.4. The van der Waals surface area contributed by atoms with Gasteiger partial charge < -0.3 is 18.9 Å². The largest absolute Gasteiger partial charge is 0.486 e. The Bertz CT molecular complexity index is 1150. The maximum atomic E-state index is 12.4. The van der Waals surface area contributed by atoms with Crippen LogP contribution in [0.15, 0.2) is 42.6 Å². The zero-order chi connectivity index (χ0) is 22.6. The van der Waals surface area contributed by atoms with Crippen LogP contribution in [0.25, 0.3) is 11.0 Å². The number of carbonyl (C=O) groups excluding carboxylic acids is 1. The third-order valence-electron chi connectivity index (χ3n) is 6.03. The lowest BCUT2D eigenvalue weighted by molar-refractivity contribution is 0.135. The Kier molecular flexibility index (Phi) is 6.15. The van der Waals surface area contributed by atoms with Crippen LogP contribution in [0.5, 0.6) is 17.4 Å². The summed E-state index contributed by atoms with van der Waals surface area (Å²) in [7, 11) is 1.62. The third-order valence-corrected chi connectivity index (χ3v) is 6.03. The van der Waals surface area contributed by atoms with Crippen molar-refractivity contribution in [3.63, 3.8) is 0 Å². The Morgan fingerprint density at radius 2 is 1.94 bits per heavy atom. The topological polar surface area (TPSA) is 83.0 Å². The van der Waals surface area contributed by atoms with E-state index in [1.165, 1.54) is 5.56 Å². The van der Waals surface area contributed by atoms with Gasteiger partial charge in [0.25, 0.3) is 0 Å². The molecule has 4 heterocycles. The summed E-state index contributed by atoms with van der Waals surface area (Å²) >= 11 is 0. The molecule has 1 fully saturated rings. The number of benzene rings is 1. The van der Waals surface area contributed by atoms with E-state index < -0.39 is 0 Å². The molecule has 2 aliphatic rings. The van der Waals surface area contributed by atoms with Gasteiger partial charge in [0.2, 0.25) is 5.88 Å². The number of methoxy groups -OCH3 is 1. The van der Waals surface area contributed by atoms with Gasteiger partial charge in [-0.3, -0.25) is 9.88 Å². The number of unbranched alkanes of at least 4 members (excludes halogenated alkanes) is 2. The molecule has 33 heavy (non-hydrogen) atoms. The summed E-state index contributed by atoms with van der Waals surface area (Å²) in [6.45, 7) is 1.61. The number of aryl methyl sites for hydroxylation is 1. The van der Waals surface area contributed by atoms with E-state index in [9.17, 15) is 4.79 Å². The maximum absolute atomic E-state index is 12.4. The maximum Gasteiger partial charge on any atom is 0.414 e. The molecule has 3 aromatic rings. The monoisotopic (exact) mass is 449 g/mol. The van der Waals surface area contributed by atoms with Crippen LogP contribution in [0, 0.1) is 0 Å². The molecule has 8 heteroatoms. The number of pyridine rings is 2. The smallest absolute Gasteiger partial charge is 0.414 e. The van der Waals surface area contributed by atoms with Crippen LogP contribution in [0.4, 0.5) is 10.5 Å². The van der Waals surface area contributed by atoms with E-state index in [1.54, 1.807) is 12.0 Å². The molecule has 0 aliphatic carbocycles. The minimum atomic E-state index is -0.306. The molecule has 172 valence electrons. The van der Waals surface area contributed by atoms with Crippen molar-refractivity contribution in [2.75, 3.05) is 31.8 Å². The fourth-order valence-corrected chi connectivity index (χ4v) is 4.32. The molecular weight excluding hydrogens is 422 g/mol. The number of hydrogen-bond donors (Lipinski definition) is 0. The zero-order valence-electron chi connectivity index (χ0n) is 18.7. The molecule has 1 saturated heterocycles. The minimum absolute atomic E-state index is 0.0987. The first-order valence-corrected chi connectivity index (χ1v) is 11.4. The van der Waals surface area contributed by atoms with Crippen molar-refractivity contribution in [1.82, 2.24) is 9.97 Å². The van der Waals surface area contributed by atoms with Crippen molar-refractivity contribution in [2.45, 2.75) is 38.2 Å². The van der Waals surface area contributed by atoms with Gasteiger partial charge in [0.15, 0.2) is 11.5 Å².